The Labute approximate surface area is 96.4 Å². The quantitative estimate of drug-likeness (QED) is 0.369. The monoisotopic (exact) mass is 232 g/mol. The molecule has 0 amide bonds. The second-order valence-corrected chi connectivity index (χ2v) is 0.983. The van der Waals surface area contributed by atoms with Gasteiger partial charge in [-0.2, -0.15) is 0 Å². The molecule has 0 heterocycles. The Morgan fingerprint density at radius 3 is 0.714 bits per heavy atom. The largest absolute Gasteiger partial charge is 2.00 e. The summed E-state index contributed by atoms with van der Waals surface area (Å²) in [5.74, 6) is -2.17. The van der Waals surface area contributed by atoms with Gasteiger partial charge in [-0.3, -0.25) is 0 Å². The molecule has 0 saturated carbocycles. The smallest absolute Gasteiger partial charge is 0.550 e. The van der Waals surface area contributed by atoms with E-state index in [9.17, 15) is 0 Å². The number of carboxylic acid groups (broad SMARTS) is 2. The molecule has 10 N–H and O–H groups in total. The molecule has 14 heavy (non-hydrogen) atoms. The van der Waals surface area contributed by atoms with Crippen LogP contribution >= 0.6 is 0 Å². The van der Waals surface area contributed by atoms with Gasteiger partial charge in [-0.15, -0.1) is 0 Å². The van der Waals surface area contributed by atoms with E-state index in [4.69, 9.17) is 19.8 Å². The second kappa shape index (κ2) is 54.6. The second-order valence-electron chi connectivity index (χ2n) is 0.983. The molecule has 88 valence electrons. The molecule has 10 heteroatoms. The van der Waals surface area contributed by atoms with Crippen LogP contribution in [0.5, 0.6) is 0 Å². The standard InChI is InChI=1S/2C2H4O2.Mg.5H2O/c2*1-2(3)4;;;;;;/h2*1H3,(H,3,4);;5*1H2/q;;+2;;;;;/p-2. The molecule has 0 aliphatic rings. The third kappa shape index (κ3) is 5210. The van der Waals surface area contributed by atoms with Crippen molar-refractivity contribution in [2.45, 2.75) is 13.8 Å². The number of carbonyl (C=O) groups excluding carboxylic acids is 2. The molecule has 0 aromatic heterocycles. The van der Waals surface area contributed by atoms with Crippen LogP contribution in [0.3, 0.4) is 0 Å². The third-order valence-electron chi connectivity index (χ3n) is 0. The first kappa shape index (κ1) is 69.7. The van der Waals surface area contributed by atoms with E-state index < -0.39 is 11.9 Å². The average molecular weight is 232 g/mol. The van der Waals surface area contributed by atoms with Crippen LogP contribution in [-0.4, -0.2) is 62.4 Å². The predicted octanol–water partition coefficient (Wildman–Crippen LogP) is -6.99. The summed E-state index contributed by atoms with van der Waals surface area (Å²) >= 11 is 0. The van der Waals surface area contributed by atoms with Gasteiger partial charge in [0.15, 0.2) is 0 Å². The molecule has 0 bridgehead atoms. The van der Waals surface area contributed by atoms with Crippen molar-refractivity contribution in [2.24, 2.45) is 0 Å². The van der Waals surface area contributed by atoms with Crippen LogP contribution in [0.2, 0.25) is 0 Å². The van der Waals surface area contributed by atoms with Gasteiger partial charge in [-0.1, -0.05) is 0 Å². The van der Waals surface area contributed by atoms with E-state index in [1.807, 2.05) is 0 Å². The summed E-state index contributed by atoms with van der Waals surface area (Å²) in [5.41, 5.74) is 0. The fourth-order valence-electron chi connectivity index (χ4n) is 0. The molecule has 0 saturated heterocycles. The van der Waals surface area contributed by atoms with Gasteiger partial charge < -0.3 is 47.2 Å². The molecular formula is C4H16MgO9. The van der Waals surface area contributed by atoms with Gasteiger partial charge >= 0.3 is 23.1 Å². The molecule has 0 fully saturated rings. The zero-order valence-corrected chi connectivity index (χ0v) is 9.25. The Hall–Kier alpha value is -0.494. The Balaban J connectivity index is -0.00000000600. The van der Waals surface area contributed by atoms with E-state index in [1.54, 1.807) is 0 Å². The summed E-state index contributed by atoms with van der Waals surface area (Å²) in [4.78, 5) is 17.8. The molecular weight excluding hydrogens is 216 g/mol. The average Bonchev–Trinajstić information content (AvgIpc) is 1.25. The van der Waals surface area contributed by atoms with E-state index in [2.05, 4.69) is 0 Å². The summed E-state index contributed by atoms with van der Waals surface area (Å²) in [6.45, 7) is 1.94. The zero-order valence-electron chi connectivity index (χ0n) is 7.84. The molecule has 0 rings (SSSR count). The Bertz CT molecular complexity index is 74.8. The molecule has 0 aromatic rings. The van der Waals surface area contributed by atoms with Crippen molar-refractivity contribution in [3.05, 3.63) is 0 Å². The first-order chi connectivity index (χ1) is 3.46. The summed E-state index contributed by atoms with van der Waals surface area (Å²) in [5, 5.41) is 17.8. The first-order valence-electron chi connectivity index (χ1n) is 1.82. The van der Waals surface area contributed by atoms with Crippen molar-refractivity contribution in [1.82, 2.24) is 0 Å². The van der Waals surface area contributed by atoms with Crippen molar-refractivity contribution in [2.75, 3.05) is 0 Å². The van der Waals surface area contributed by atoms with Crippen molar-refractivity contribution in [3.63, 3.8) is 0 Å². The van der Waals surface area contributed by atoms with Gasteiger partial charge in [-0.05, 0) is 13.8 Å². The molecule has 0 spiro atoms. The minimum atomic E-state index is -1.08. The maximum absolute atomic E-state index is 8.89. The Kier molecular flexibility index (Phi) is 272. The van der Waals surface area contributed by atoms with Crippen molar-refractivity contribution >= 4 is 35.0 Å². The van der Waals surface area contributed by atoms with E-state index in [1.165, 1.54) is 0 Å². The zero-order chi connectivity index (χ0) is 7.15. The predicted molar refractivity (Wildman–Crippen MR) is 45.2 cm³/mol. The van der Waals surface area contributed by atoms with Crippen LogP contribution in [0.1, 0.15) is 13.8 Å². The van der Waals surface area contributed by atoms with E-state index in [-0.39, 0.29) is 50.4 Å². The van der Waals surface area contributed by atoms with Crippen LogP contribution in [0.25, 0.3) is 0 Å². The SMILES string of the molecule is CC(=O)[O-].CC(=O)[O-].O.O.O.O.O.[Mg+2]. The fourth-order valence-corrected chi connectivity index (χ4v) is 0. The van der Waals surface area contributed by atoms with Gasteiger partial charge in [0, 0.05) is 11.9 Å². The first-order valence-corrected chi connectivity index (χ1v) is 1.82. The molecule has 9 nitrogen and oxygen atoms in total. The maximum atomic E-state index is 8.89. The number of hydrogen-bond donors (Lipinski definition) is 0. The van der Waals surface area contributed by atoms with Crippen LogP contribution in [0, 0.1) is 0 Å². The topological polar surface area (TPSA) is 238 Å². The summed E-state index contributed by atoms with van der Waals surface area (Å²) in [6, 6.07) is 0. The van der Waals surface area contributed by atoms with Gasteiger partial charge in [0.25, 0.3) is 0 Å². The molecule has 0 radical (unpaired) electrons. The number of carboxylic acids is 2. The maximum Gasteiger partial charge on any atom is 2.00 e. The van der Waals surface area contributed by atoms with Gasteiger partial charge in [0.05, 0.1) is 0 Å². The van der Waals surface area contributed by atoms with Crippen molar-refractivity contribution in [3.8, 4) is 0 Å². The summed E-state index contributed by atoms with van der Waals surface area (Å²) in [6.07, 6.45) is 0. The Morgan fingerprint density at radius 1 is 0.714 bits per heavy atom. The minimum Gasteiger partial charge on any atom is -0.550 e. The number of carbonyl (C=O) groups is 2. The molecule has 0 aromatic carbocycles. The molecule has 0 aliphatic carbocycles. The number of rotatable bonds is 0. The summed E-state index contributed by atoms with van der Waals surface area (Å²) < 4.78 is 0. The molecule has 0 atom stereocenters. The Morgan fingerprint density at radius 2 is 0.714 bits per heavy atom. The van der Waals surface area contributed by atoms with Crippen LogP contribution in [0.15, 0.2) is 0 Å². The summed E-state index contributed by atoms with van der Waals surface area (Å²) in [7, 11) is 0. The number of hydrogen-bond acceptors (Lipinski definition) is 4. The van der Waals surface area contributed by atoms with Crippen LogP contribution in [0.4, 0.5) is 0 Å². The van der Waals surface area contributed by atoms with Crippen LogP contribution in [-0.2, 0) is 9.59 Å². The van der Waals surface area contributed by atoms with Gasteiger partial charge in [0.2, 0.25) is 0 Å². The molecule has 0 unspecified atom stereocenters. The normalized spacial score (nSPS) is 3.57. The van der Waals surface area contributed by atoms with Crippen molar-refractivity contribution < 1.29 is 47.2 Å². The van der Waals surface area contributed by atoms with Crippen molar-refractivity contribution in [1.29, 1.82) is 0 Å². The fraction of sp³-hybridized carbons (Fsp3) is 0.500. The van der Waals surface area contributed by atoms with E-state index >= 15 is 0 Å². The third-order valence-corrected chi connectivity index (χ3v) is 0. The van der Waals surface area contributed by atoms with Crippen LogP contribution < -0.4 is 10.2 Å². The minimum absolute atomic E-state index is 0. The van der Waals surface area contributed by atoms with E-state index in [0.717, 1.165) is 13.8 Å². The van der Waals surface area contributed by atoms with Gasteiger partial charge in [0.1, 0.15) is 0 Å². The van der Waals surface area contributed by atoms with Gasteiger partial charge in [-0.25, -0.2) is 0 Å². The van der Waals surface area contributed by atoms with E-state index in [0.29, 0.717) is 0 Å². The number of aliphatic carboxylic acids is 2. The molecule has 0 aliphatic heterocycles.